The van der Waals surface area contributed by atoms with Gasteiger partial charge in [-0.3, -0.25) is 4.98 Å². The van der Waals surface area contributed by atoms with Crippen molar-refractivity contribution in [2.75, 3.05) is 19.0 Å². The minimum Gasteiger partial charge on any atom is -0.381 e. The topological polar surface area (TPSA) is 22.1 Å². The second-order valence-electron chi connectivity index (χ2n) is 3.92. The predicted octanol–water partition coefficient (Wildman–Crippen LogP) is 2.74. The predicted molar refractivity (Wildman–Crippen MR) is 63.9 cm³/mol. The molecule has 1 atom stereocenters. The Balaban J connectivity index is 1.66. The summed E-state index contributed by atoms with van der Waals surface area (Å²) in [6, 6.07) is 6.10. The molecule has 1 aliphatic rings. The van der Waals surface area contributed by atoms with Crippen LogP contribution < -0.4 is 0 Å². The van der Waals surface area contributed by atoms with E-state index >= 15 is 0 Å². The monoisotopic (exact) mass is 223 g/mol. The molecule has 0 spiro atoms. The molecule has 82 valence electrons. The molecule has 1 unspecified atom stereocenters. The molecule has 0 N–H and O–H groups in total. The molecule has 2 rings (SSSR count). The maximum Gasteiger partial charge on any atom is 0.0502 e. The van der Waals surface area contributed by atoms with Crippen LogP contribution in [0.15, 0.2) is 24.4 Å². The third-order valence-corrected chi connectivity index (χ3v) is 3.79. The largest absolute Gasteiger partial charge is 0.381 e. The van der Waals surface area contributed by atoms with E-state index in [1.165, 1.54) is 24.3 Å². The summed E-state index contributed by atoms with van der Waals surface area (Å²) in [7, 11) is 0. The maximum atomic E-state index is 5.46. The molecule has 2 nitrogen and oxygen atoms in total. The lowest BCUT2D eigenvalue weighted by molar-refractivity contribution is 0.0632. The fourth-order valence-corrected chi connectivity index (χ4v) is 2.85. The first kappa shape index (κ1) is 11.0. The Labute approximate surface area is 95.4 Å². The molecule has 3 heteroatoms. The van der Waals surface area contributed by atoms with Crippen molar-refractivity contribution in [2.24, 2.45) is 5.92 Å². The van der Waals surface area contributed by atoms with Crippen LogP contribution in [-0.2, 0) is 10.5 Å². The first-order valence-corrected chi connectivity index (χ1v) is 6.66. The van der Waals surface area contributed by atoms with E-state index in [1.807, 2.05) is 30.1 Å². The van der Waals surface area contributed by atoms with Gasteiger partial charge in [0.05, 0.1) is 12.3 Å². The van der Waals surface area contributed by atoms with Crippen molar-refractivity contribution in [1.82, 2.24) is 4.98 Å². The van der Waals surface area contributed by atoms with E-state index < -0.39 is 0 Å². The molecular weight excluding hydrogens is 206 g/mol. The molecular formula is C12H17NOS. The highest BCUT2D eigenvalue weighted by atomic mass is 32.2. The van der Waals surface area contributed by atoms with Crippen molar-refractivity contribution in [2.45, 2.75) is 18.6 Å². The normalized spacial score (nSPS) is 21.5. The Morgan fingerprint density at radius 2 is 2.47 bits per heavy atom. The molecule has 1 aliphatic heterocycles. The highest BCUT2D eigenvalue weighted by Gasteiger charge is 2.13. The summed E-state index contributed by atoms with van der Waals surface area (Å²) in [4.78, 5) is 4.31. The lowest BCUT2D eigenvalue weighted by Crippen LogP contribution is -2.19. The summed E-state index contributed by atoms with van der Waals surface area (Å²) in [5, 5.41) is 0. The summed E-state index contributed by atoms with van der Waals surface area (Å²) < 4.78 is 5.46. The van der Waals surface area contributed by atoms with Gasteiger partial charge in [0.25, 0.3) is 0 Å². The van der Waals surface area contributed by atoms with Crippen LogP contribution in [0.3, 0.4) is 0 Å². The summed E-state index contributed by atoms with van der Waals surface area (Å²) >= 11 is 1.97. The van der Waals surface area contributed by atoms with Crippen LogP contribution in [0.2, 0.25) is 0 Å². The molecule has 15 heavy (non-hydrogen) atoms. The van der Waals surface area contributed by atoms with E-state index in [1.54, 1.807) is 0 Å². The number of thioether (sulfide) groups is 1. The number of aromatic nitrogens is 1. The van der Waals surface area contributed by atoms with Crippen LogP contribution in [0.5, 0.6) is 0 Å². The quantitative estimate of drug-likeness (QED) is 0.783. The van der Waals surface area contributed by atoms with Crippen LogP contribution in [-0.4, -0.2) is 24.0 Å². The van der Waals surface area contributed by atoms with E-state index in [0.717, 1.165) is 24.9 Å². The van der Waals surface area contributed by atoms with E-state index in [9.17, 15) is 0 Å². The number of rotatable bonds is 4. The number of hydrogen-bond acceptors (Lipinski definition) is 3. The minimum absolute atomic E-state index is 0.757. The number of nitrogens with zero attached hydrogens (tertiary/aromatic N) is 1. The van der Waals surface area contributed by atoms with Gasteiger partial charge in [-0.1, -0.05) is 6.07 Å². The molecule has 0 aliphatic carbocycles. The zero-order chi connectivity index (χ0) is 10.3. The van der Waals surface area contributed by atoms with E-state index in [4.69, 9.17) is 4.74 Å². The maximum absolute atomic E-state index is 5.46. The van der Waals surface area contributed by atoms with Gasteiger partial charge in [0.1, 0.15) is 0 Å². The summed E-state index contributed by atoms with van der Waals surface area (Å²) in [6.07, 6.45) is 4.42. The Morgan fingerprint density at radius 3 is 3.20 bits per heavy atom. The Bertz CT molecular complexity index is 272. The van der Waals surface area contributed by atoms with Crippen LogP contribution in [0.4, 0.5) is 0 Å². The molecule has 0 amide bonds. The smallest absolute Gasteiger partial charge is 0.0502 e. The van der Waals surface area contributed by atoms with E-state index in [0.29, 0.717) is 0 Å². The van der Waals surface area contributed by atoms with Gasteiger partial charge in [-0.15, -0.1) is 0 Å². The standard InChI is InChI=1S/C12H17NOS/c1-2-6-13-12(5-1)10-15-9-11-4-3-7-14-8-11/h1-2,5-6,11H,3-4,7-10H2. The van der Waals surface area contributed by atoms with Crippen molar-refractivity contribution >= 4 is 11.8 Å². The molecule has 2 heterocycles. The molecule has 0 radical (unpaired) electrons. The van der Waals surface area contributed by atoms with Crippen molar-refractivity contribution in [1.29, 1.82) is 0 Å². The van der Waals surface area contributed by atoms with Gasteiger partial charge in [0.15, 0.2) is 0 Å². The Kier molecular flexibility index (Phi) is 4.48. The third-order valence-electron chi connectivity index (χ3n) is 2.58. The minimum atomic E-state index is 0.757. The van der Waals surface area contributed by atoms with Crippen LogP contribution >= 0.6 is 11.8 Å². The van der Waals surface area contributed by atoms with Gasteiger partial charge in [-0.25, -0.2) is 0 Å². The Morgan fingerprint density at radius 1 is 1.47 bits per heavy atom. The lowest BCUT2D eigenvalue weighted by atomic mass is 10.1. The summed E-state index contributed by atoms with van der Waals surface area (Å²) in [6.45, 7) is 1.91. The molecule has 0 aromatic carbocycles. The van der Waals surface area contributed by atoms with Gasteiger partial charge >= 0.3 is 0 Å². The number of hydrogen-bond donors (Lipinski definition) is 0. The van der Waals surface area contributed by atoms with E-state index in [-0.39, 0.29) is 0 Å². The van der Waals surface area contributed by atoms with Crippen LogP contribution in [0.1, 0.15) is 18.5 Å². The number of pyridine rings is 1. The highest BCUT2D eigenvalue weighted by Crippen LogP contribution is 2.20. The zero-order valence-electron chi connectivity index (χ0n) is 8.89. The zero-order valence-corrected chi connectivity index (χ0v) is 9.71. The van der Waals surface area contributed by atoms with E-state index in [2.05, 4.69) is 11.1 Å². The van der Waals surface area contributed by atoms with Gasteiger partial charge < -0.3 is 4.74 Å². The average Bonchev–Trinajstić information content (AvgIpc) is 2.32. The van der Waals surface area contributed by atoms with Crippen LogP contribution in [0, 0.1) is 5.92 Å². The summed E-state index contributed by atoms with van der Waals surface area (Å²) in [5.74, 6) is 2.99. The van der Waals surface area contributed by atoms with Gasteiger partial charge in [-0.2, -0.15) is 11.8 Å². The van der Waals surface area contributed by atoms with Crippen molar-refractivity contribution < 1.29 is 4.74 Å². The average molecular weight is 223 g/mol. The van der Waals surface area contributed by atoms with Crippen molar-refractivity contribution in [3.63, 3.8) is 0 Å². The fraction of sp³-hybridized carbons (Fsp3) is 0.583. The SMILES string of the molecule is c1ccc(CSCC2CCCOC2)nc1. The Hall–Kier alpha value is -0.540. The highest BCUT2D eigenvalue weighted by molar-refractivity contribution is 7.98. The summed E-state index contributed by atoms with van der Waals surface area (Å²) in [5.41, 5.74) is 1.18. The van der Waals surface area contributed by atoms with Crippen molar-refractivity contribution in [3.05, 3.63) is 30.1 Å². The van der Waals surface area contributed by atoms with Gasteiger partial charge in [0, 0.05) is 18.6 Å². The van der Waals surface area contributed by atoms with Crippen molar-refractivity contribution in [3.8, 4) is 0 Å². The molecule has 1 aromatic heterocycles. The second-order valence-corrected chi connectivity index (χ2v) is 4.95. The molecule has 1 aromatic rings. The second kappa shape index (κ2) is 6.13. The number of ether oxygens (including phenoxy) is 1. The fourth-order valence-electron chi connectivity index (χ4n) is 1.75. The molecule has 1 fully saturated rings. The first-order valence-electron chi connectivity index (χ1n) is 5.50. The lowest BCUT2D eigenvalue weighted by Gasteiger charge is -2.21. The van der Waals surface area contributed by atoms with Gasteiger partial charge in [0.2, 0.25) is 0 Å². The molecule has 0 bridgehead atoms. The third kappa shape index (κ3) is 3.84. The van der Waals surface area contributed by atoms with Crippen LogP contribution in [0.25, 0.3) is 0 Å². The molecule has 0 saturated carbocycles. The molecule has 1 saturated heterocycles. The van der Waals surface area contributed by atoms with Gasteiger partial charge in [-0.05, 0) is 36.6 Å². The first-order chi connectivity index (χ1) is 7.45.